The predicted octanol–water partition coefficient (Wildman–Crippen LogP) is 6.34. The van der Waals surface area contributed by atoms with Gasteiger partial charge in [-0.25, -0.2) is 0 Å². The van der Waals surface area contributed by atoms with Crippen LogP contribution in [-0.4, -0.2) is 62.1 Å². The summed E-state index contributed by atoms with van der Waals surface area (Å²) in [6, 6.07) is 22.6. The fraction of sp³-hybridized carbons (Fsp3) is 0.250. The molecule has 0 bridgehead atoms. The molecule has 0 heterocycles. The van der Waals surface area contributed by atoms with E-state index in [1.165, 1.54) is 36.4 Å². The lowest BCUT2D eigenvalue weighted by Crippen LogP contribution is -2.25. The van der Waals surface area contributed by atoms with Crippen LogP contribution in [0.5, 0.6) is 34.5 Å². The molecule has 0 saturated heterocycles. The number of ketones is 6. The number of hydrogen-bond donors (Lipinski definition) is 0. The van der Waals surface area contributed by atoms with Crippen LogP contribution in [0.1, 0.15) is 67.1 Å². The lowest BCUT2D eigenvalue weighted by Gasteiger charge is -2.09. The zero-order valence-corrected chi connectivity index (χ0v) is 28.0. The maximum absolute atomic E-state index is 13.2. The van der Waals surface area contributed by atoms with Crippen LogP contribution in [-0.2, 0) is 9.59 Å². The lowest BCUT2D eigenvalue weighted by atomic mass is 9.95. The summed E-state index contributed by atoms with van der Waals surface area (Å²) in [7, 11) is 3.12. The first kappa shape index (κ1) is 34.8. The Kier molecular flexibility index (Phi) is 10.4. The molecule has 2 atom stereocenters. The molecule has 2 aliphatic carbocycles. The Morgan fingerprint density at radius 2 is 0.804 bits per heavy atom. The van der Waals surface area contributed by atoms with E-state index in [0.29, 0.717) is 35.8 Å². The topological polar surface area (TPSA) is 149 Å². The van der Waals surface area contributed by atoms with Crippen molar-refractivity contribution >= 4 is 34.7 Å². The Balaban J connectivity index is 1.03. The van der Waals surface area contributed by atoms with Gasteiger partial charge in [0.1, 0.15) is 46.3 Å². The van der Waals surface area contributed by atoms with Gasteiger partial charge >= 0.3 is 0 Å². The molecule has 2 aliphatic rings. The number of benzene rings is 4. The first-order valence-electron chi connectivity index (χ1n) is 16.4. The molecular formula is C40H34O11. The van der Waals surface area contributed by atoms with Gasteiger partial charge in [-0.3, -0.25) is 28.8 Å². The van der Waals surface area contributed by atoms with Gasteiger partial charge in [-0.15, -0.1) is 0 Å². The highest BCUT2D eigenvalue weighted by molar-refractivity contribution is 6.36. The Morgan fingerprint density at radius 3 is 1.18 bits per heavy atom. The second-order valence-electron chi connectivity index (χ2n) is 12.0. The number of hydrogen-bond acceptors (Lipinski definition) is 11. The number of carbonyl (C=O) groups excluding carboxylic acids is 6. The van der Waals surface area contributed by atoms with Crippen molar-refractivity contribution in [3.8, 4) is 34.5 Å². The average molecular weight is 691 g/mol. The molecule has 0 N–H and O–H groups in total. The SMILES string of the molecule is COc1ccc(OCCCC(=O)C2C(=O)c3ccc(Oc4ccc5c(c4)C(=O)C(C(=O)CCCOc4ccc(OC)cc4)C5=O)cc3C2=O)cc1. The minimum Gasteiger partial charge on any atom is -0.497 e. The molecule has 11 heteroatoms. The van der Waals surface area contributed by atoms with Crippen LogP contribution >= 0.6 is 0 Å². The van der Waals surface area contributed by atoms with E-state index in [-0.39, 0.29) is 59.8 Å². The Labute approximate surface area is 293 Å². The summed E-state index contributed by atoms with van der Waals surface area (Å²) >= 11 is 0. The summed E-state index contributed by atoms with van der Waals surface area (Å²) in [5, 5.41) is 0. The molecule has 4 aromatic carbocycles. The van der Waals surface area contributed by atoms with Crippen LogP contribution < -0.4 is 23.7 Å². The van der Waals surface area contributed by atoms with Crippen molar-refractivity contribution in [2.45, 2.75) is 25.7 Å². The summed E-state index contributed by atoms with van der Waals surface area (Å²) < 4.78 is 27.4. The molecule has 0 spiro atoms. The fourth-order valence-corrected chi connectivity index (χ4v) is 6.10. The normalized spacial score (nSPS) is 16.0. The third-order valence-corrected chi connectivity index (χ3v) is 8.76. The molecule has 4 aromatic rings. The van der Waals surface area contributed by atoms with Gasteiger partial charge in [0.25, 0.3) is 0 Å². The number of fused-ring (bicyclic) bond motifs is 2. The lowest BCUT2D eigenvalue weighted by molar-refractivity contribution is -0.121. The Bertz CT molecular complexity index is 1870. The van der Waals surface area contributed by atoms with E-state index in [1.807, 2.05) is 0 Å². The smallest absolute Gasteiger partial charge is 0.182 e. The van der Waals surface area contributed by atoms with E-state index in [2.05, 4.69) is 0 Å². The number of Topliss-reactive ketones (excluding diaryl/α,β-unsaturated/α-hetero) is 6. The zero-order valence-electron chi connectivity index (χ0n) is 28.0. The molecule has 0 fully saturated rings. The van der Waals surface area contributed by atoms with Crippen molar-refractivity contribution < 1.29 is 52.5 Å². The van der Waals surface area contributed by atoms with Crippen molar-refractivity contribution in [1.29, 1.82) is 0 Å². The molecule has 6 rings (SSSR count). The van der Waals surface area contributed by atoms with Gasteiger partial charge in [0.15, 0.2) is 34.7 Å². The van der Waals surface area contributed by atoms with Crippen molar-refractivity contribution in [3.63, 3.8) is 0 Å². The van der Waals surface area contributed by atoms with Gasteiger partial charge in [0.05, 0.1) is 27.4 Å². The highest BCUT2D eigenvalue weighted by atomic mass is 16.5. The van der Waals surface area contributed by atoms with Gasteiger partial charge in [0.2, 0.25) is 0 Å². The largest absolute Gasteiger partial charge is 0.497 e. The van der Waals surface area contributed by atoms with Gasteiger partial charge in [-0.2, -0.15) is 0 Å². The van der Waals surface area contributed by atoms with E-state index < -0.39 is 46.5 Å². The van der Waals surface area contributed by atoms with Crippen molar-refractivity contribution in [2.75, 3.05) is 27.4 Å². The number of ether oxygens (including phenoxy) is 5. The minimum atomic E-state index is -1.43. The van der Waals surface area contributed by atoms with Gasteiger partial charge in [-0.1, -0.05) is 0 Å². The summed E-state index contributed by atoms with van der Waals surface area (Å²) in [6.07, 6.45) is 0.603. The molecule has 0 radical (unpaired) electrons. The summed E-state index contributed by atoms with van der Waals surface area (Å²) in [4.78, 5) is 78.5. The maximum atomic E-state index is 13.2. The molecule has 51 heavy (non-hydrogen) atoms. The average Bonchev–Trinajstić information content (AvgIpc) is 3.55. The molecular weight excluding hydrogens is 656 g/mol. The quantitative estimate of drug-likeness (QED) is 0.0957. The highest BCUT2D eigenvalue weighted by Gasteiger charge is 2.44. The number of carbonyl (C=O) groups is 6. The van der Waals surface area contributed by atoms with Crippen molar-refractivity contribution in [2.24, 2.45) is 11.8 Å². The predicted molar refractivity (Wildman–Crippen MR) is 183 cm³/mol. The van der Waals surface area contributed by atoms with Crippen LogP contribution in [0, 0.1) is 11.8 Å². The molecule has 11 nitrogen and oxygen atoms in total. The van der Waals surface area contributed by atoms with E-state index in [9.17, 15) is 28.8 Å². The summed E-state index contributed by atoms with van der Waals surface area (Å²) in [5.41, 5.74) is 0.398. The van der Waals surface area contributed by atoms with Crippen molar-refractivity contribution in [3.05, 3.63) is 107 Å². The van der Waals surface area contributed by atoms with E-state index in [1.54, 1.807) is 62.8 Å². The van der Waals surface area contributed by atoms with Gasteiger partial charge in [-0.05, 0) is 97.8 Å². The second-order valence-corrected chi connectivity index (χ2v) is 12.0. The van der Waals surface area contributed by atoms with Crippen molar-refractivity contribution in [1.82, 2.24) is 0 Å². The minimum absolute atomic E-state index is 0.0154. The van der Waals surface area contributed by atoms with Gasteiger partial charge in [0, 0.05) is 35.1 Å². The first-order valence-corrected chi connectivity index (χ1v) is 16.4. The van der Waals surface area contributed by atoms with Crippen LogP contribution in [0.2, 0.25) is 0 Å². The summed E-state index contributed by atoms with van der Waals surface area (Å²) in [5.74, 6) is -3.21. The van der Waals surface area contributed by atoms with E-state index >= 15 is 0 Å². The molecule has 0 amide bonds. The van der Waals surface area contributed by atoms with Crippen LogP contribution in [0.25, 0.3) is 0 Å². The zero-order chi connectivity index (χ0) is 36.1. The number of methoxy groups -OCH3 is 2. The van der Waals surface area contributed by atoms with Crippen LogP contribution in [0.15, 0.2) is 84.9 Å². The Morgan fingerprint density at radius 1 is 0.471 bits per heavy atom. The Hall–Kier alpha value is -6.10. The molecule has 260 valence electrons. The molecule has 0 aliphatic heterocycles. The fourth-order valence-electron chi connectivity index (χ4n) is 6.10. The molecule has 0 aromatic heterocycles. The second kappa shape index (κ2) is 15.2. The monoisotopic (exact) mass is 690 g/mol. The van der Waals surface area contributed by atoms with Crippen LogP contribution in [0.4, 0.5) is 0 Å². The highest BCUT2D eigenvalue weighted by Crippen LogP contribution is 2.36. The summed E-state index contributed by atoms with van der Waals surface area (Å²) in [6.45, 7) is 0.449. The van der Waals surface area contributed by atoms with E-state index in [0.717, 1.165) is 0 Å². The first-order chi connectivity index (χ1) is 24.7. The van der Waals surface area contributed by atoms with Crippen LogP contribution in [0.3, 0.4) is 0 Å². The third-order valence-electron chi connectivity index (χ3n) is 8.76. The maximum Gasteiger partial charge on any atom is 0.182 e. The number of rotatable bonds is 16. The third kappa shape index (κ3) is 7.42. The molecule has 2 unspecified atom stereocenters. The van der Waals surface area contributed by atoms with Gasteiger partial charge < -0.3 is 23.7 Å². The standard InChI is InChI=1S/C40H34O11/c1-47-23-7-11-25(12-8-23)49-19-3-5-33(41)35-37(43)29-17-15-27(21-31(29)39(35)45)51-28-16-18-30-32(22-28)40(46)36(38(30)44)34(42)6-4-20-50-26-13-9-24(48-2)10-14-26/h7-18,21-22,35-36H,3-6,19-20H2,1-2H3. The van der Waals surface area contributed by atoms with E-state index in [4.69, 9.17) is 23.7 Å². The molecule has 0 saturated carbocycles.